The van der Waals surface area contributed by atoms with Crippen LogP contribution in [0, 0.1) is 13.8 Å². The molecule has 0 aliphatic heterocycles. The largest absolute Gasteiger partial charge is 0.496 e. The normalized spacial score (nSPS) is 10.7. The minimum Gasteiger partial charge on any atom is -0.496 e. The lowest BCUT2D eigenvalue weighted by Gasteiger charge is -2.12. The topological polar surface area (TPSA) is 111 Å². The molecule has 10 heteroatoms. The number of aromatic nitrogens is 4. The summed E-state index contributed by atoms with van der Waals surface area (Å²) in [7, 11) is 1.45. The van der Waals surface area contributed by atoms with Gasteiger partial charge in [-0.05, 0) is 44.0 Å². The molecule has 0 atom stereocenters. The van der Waals surface area contributed by atoms with E-state index in [4.69, 9.17) is 16.3 Å². The fraction of sp³-hybridized carbons (Fsp3) is 0.278. The summed E-state index contributed by atoms with van der Waals surface area (Å²) in [5.41, 5.74) is 7.58. The van der Waals surface area contributed by atoms with Gasteiger partial charge in [-0.2, -0.15) is 10.1 Å². The molecule has 0 saturated heterocycles. The zero-order valence-electron chi connectivity index (χ0n) is 15.6. The number of nitrogens with zero attached hydrogens (tertiary/aromatic N) is 4. The number of fused-ring (bicyclic) bond motifs is 1. The average molecular weight is 403 g/mol. The van der Waals surface area contributed by atoms with Gasteiger partial charge in [-0.25, -0.2) is 9.50 Å². The lowest BCUT2D eigenvalue weighted by atomic mass is 10.1. The SMILES string of the molecule is COc1ccc(Cl)cc1C(=O)NNC(=O)CCc1c(C)nc2ncnn2c1C. The van der Waals surface area contributed by atoms with Gasteiger partial charge in [0.2, 0.25) is 5.91 Å². The van der Waals surface area contributed by atoms with Gasteiger partial charge in [0.05, 0.1) is 12.7 Å². The zero-order chi connectivity index (χ0) is 20.3. The summed E-state index contributed by atoms with van der Waals surface area (Å²) >= 11 is 5.92. The van der Waals surface area contributed by atoms with Crippen LogP contribution >= 0.6 is 11.6 Å². The summed E-state index contributed by atoms with van der Waals surface area (Å²) < 4.78 is 6.77. The molecule has 2 aromatic heterocycles. The lowest BCUT2D eigenvalue weighted by molar-refractivity contribution is -0.121. The predicted octanol–water partition coefficient (Wildman–Crippen LogP) is 1.80. The molecule has 2 N–H and O–H groups in total. The van der Waals surface area contributed by atoms with Crippen LogP contribution in [0.3, 0.4) is 0 Å². The molecule has 2 amide bonds. The highest BCUT2D eigenvalue weighted by Crippen LogP contribution is 2.22. The van der Waals surface area contributed by atoms with Gasteiger partial charge < -0.3 is 4.74 Å². The Balaban J connectivity index is 1.61. The van der Waals surface area contributed by atoms with Crippen molar-refractivity contribution < 1.29 is 14.3 Å². The first-order valence-corrected chi connectivity index (χ1v) is 8.87. The van der Waals surface area contributed by atoms with Gasteiger partial charge in [0.15, 0.2) is 0 Å². The van der Waals surface area contributed by atoms with E-state index in [1.54, 1.807) is 16.6 Å². The Kier molecular flexibility index (Phi) is 5.74. The summed E-state index contributed by atoms with van der Waals surface area (Å²) in [5.74, 6) is 0.0122. The number of carbonyl (C=O) groups is 2. The number of benzene rings is 1. The van der Waals surface area contributed by atoms with Gasteiger partial charge in [-0.1, -0.05) is 11.6 Å². The number of nitrogens with one attached hydrogen (secondary N) is 2. The van der Waals surface area contributed by atoms with Crippen molar-refractivity contribution in [2.75, 3.05) is 7.11 Å². The number of methoxy groups -OCH3 is 1. The molecule has 0 spiro atoms. The van der Waals surface area contributed by atoms with Crippen LogP contribution in [-0.4, -0.2) is 38.5 Å². The number of hydrazine groups is 1. The smallest absolute Gasteiger partial charge is 0.273 e. The van der Waals surface area contributed by atoms with Crippen molar-refractivity contribution in [3.8, 4) is 5.75 Å². The molecule has 3 aromatic rings. The van der Waals surface area contributed by atoms with Gasteiger partial charge in [-0.3, -0.25) is 20.4 Å². The van der Waals surface area contributed by atoms with Crippen molar-refractivity contribution >= 4 is 29.2 Å². The summed E-state index contributed by atoms with van der Waals surface area (Å²) in [5, 5.41) is 4.51. The highest BCUT2D eigenvalue weighted by atomic mass is 35.5. The first-order valence-electron chi connectivity index (χ1n) is 8.49. The second-order valence-corrected chi connectivity index (χ2v) is 6.52. The third-order valence-corrected chi connectivity index (χ3v) is 4.55. The summed E-state index contributed by atoms with van der Waals surface area (Å²) in [6, 6.07) is 4.66. The molecule has 0 radical (unpaired) electrons. The monoisotopic (exact) mass is 402 g/mol. The standard InChI is InChI=1S/C18H19ClN6O3/c1-10-13(11(2)25-18(22-10)20-9-21-25)5-7-16(26)23-24-17(27)14-8-12(19)4-6-15(14)28-3/h4,6,8-9H,5,7H2,1-3H3,(H,23,26)(H,24,27). The zero-order valence-corrected chi connectivity index (χ0v) is 16.4. The number of amides is 2. The van der Waals surface area contributed by atoms with Gasteiger partial charge in [0, 0.05) is 22.8 Å². The number of rotatable bonds is 5. The molecule has 146 valence electrons. The van der Waals surface area contributed by atoms with Crippen molar-refractivity contribution in [1.82, 2.24) is 30.4 Å². The van der Waals surface area contributed by atoms with Crippen LogP contribution in [0.1, 0.15) is 33.7 Å². The Labute approximate surface area is 166 Å². The van der Waals surface area contributed by atoms with Crippen molar-refractivity contribution in [1.29, 1.82) is 0 Å². The molecule has 0 unspecified atom stereocenters. The molecule has 3 rings (SSSR count). The highest BCUT2D eigenvalue weighted by molar-refractivity contribution is 6.31. The van der Waals surface area contributed by atoms with E-state index in [0.717, 1.165) is 17.0 Å². The predicted molar refractivity (Wildman–Crippen MR) is 102 cm³/mol. The van der Waals surface area contributed by atoms with Crippen molar-refractivity contribution in [2.45, 2.75) is 26.7 Å². The molecular weight excluding hydrogens is 384 g/mol. The Morgan fingerprint density at radius 2 is 2.04 bits per heavy atom. The van der Waals surface area contributed by atoms with Gasteiger partial charge in [0.25, 0.3) is 11.7 Å². The van der Waals surface area contributed by atoms with Crippen LogP contribution in [0.25, 0.3) is 5.78 Å². The Morgan fingerprint density at radius 3 is 2.79 bits per heavy atom. The fourth-order valence-corrected chi connectivity index (χ4v) is 3.04. The number of ether oxygens (including phenoxy) is 1. The molecule has 0 aliphatic rings. The van der Waals surface area contributed by atoms with Gasteiger partial charge in [-0.15, -0.1) is 0 Å². The number of halogens is 1. The van der Waals surface area contributed by atoms with E-state index < -0.39 is 5.91 Å². The van der Waals surface area contributed by atoms with Crippen molar-refractivity contribution in [3.63, 3.8) is 0 Å². The second-order valence-electron chi connectivity index (χ2n) is 6.08. The number of carbonyl (C=O) groups excluding carboxylic acids is 2. The van der Waals surface area contributed by atoms with E-state index >= 15 is 0 Å². The quantitative estimate of drug-likeness (QED) is 0.629. The van der Waals surface area contributed by atoms with Gasteiger partial charge >= 0.3 is 0 Å². The highest BCUT2D eigenvalue weighted by Gasteiger charge is 2.15. The molecule has 0 aliphatic carbocycles. The Morgan fingerprint density at radius 1 is 1.25 bits per heavy atom. The molecule has 2 heterocycles. The van der Waals surface area contributed by atoms with E-state index in [2.05, 4.69) is 25.9 Å². The average Bonchev–Trinajstić information content (AvgIpc) is 3.14. The molecule has 0 fully saturated rings. The minimum atomic E-state index is -0.522. The summed E-state index contributed by atoms with van der Waals surface area (Å²) in [4.78, 5) is 32.9. The van der Waals surface area contributed by atoms with E-state index in [0.29, 0.717) is 23.0 Å². The summed E-state index contributed by atoms with van der Waals surface area (Å²) in [6.07, 6.45) is 2.05. The van der Waals surface area contributed by atoms with Crippen LogP contribution in [0.2, 0.25) is 5.02 Å². The molecular formula is C18H19ClN6O3. The van der Waals surface area contributed by atoms with Gasteiger partial charge in [0.1, 0.15) is 12.1 Å². The van der Waals surface area contributed by atoms with Crippen molar-refractivity contribution in [3.05, 3.63) is 52.1 Å². The van der Waals surface area contributed by atoms with Crippen molar-refractivity contribution in [2.24, 2.45) is 0 Å². The lowest BCUT2D eigenvalue weighted by Crippen LogP contribution is -2.41. The fourth-order valence-electron chi connectivity index (χ4n) is 2.87. The first kappa shape index (κ1) is 19.6. The summed E-state index contributed by atoms with van der Waals surface area (Å²) in [6.45, 7) is 3.76. The van der Waals surface area contributed by atoms with E-state index in [9.17, 15) is 9.59 Å². The molecule has 0 bridgehead atoms. The van der Waals surface area contributed by atoms with Crippen LogP contribution in [0.15, 0.2) is 24.5 Å². The maximum Gasteiger partial charge on any atom is 0.273 e. The van der Waals surface area contributed by atoms with Crippen LogP contribution in [0.4, 0.5) is 0 Å². The molecule has 1 aromatic carbocycles. The maximum atomic E-state index is 12.3. The van der Waals surface area contributed by atoms with Crippen LogP contribution in [-0.2, 0) is 11.2 Å². The minimum absolute atomic E-state index is 0.163. The Hall–Kier alpha value is -3.20. The van der Waals surface area contributed by atoms with E-state index in [-0.39, 0.29) is 17.9 Å². The van der Waals surface area contributed by atoms with E-state index in [1.165, 1.54) is 19.5 Å². The number of aryl methyl sites for hydroxylation is 2. The van der Waals surface area contributed by atoms with Crippen LogP contribution < -0.4 is 15.6 Å². The van der Waals surface area contributed by atoms with E-state index in [1.807, 2.05) is 13.8 Å². The number of hydrogen-bond acceptors (Lipinski definition) is 6. The number of hydrogen-bond donors (Lipinski definition) is 2. The van der Waals surface area contributed by atoms with Crippen LogP contribution in [0.5, 0.6) is 5.75 Å². The third kappa shape index (κ3) is 4.04. The second kappa shape index (κ2) is 8.22. The molecule has 0 saturated carbocycles. The molecule has 9 nitrogen and oxygen atoms in total. The first-order chi connectivity index (χ1) is 13.4. The Bertz CT molecular complexity index is 1050. The molecule has 28 heavy (non-hydrogen) atoms. The third-order valence-electron chi connectivity index (χ3n) is 4.31. The maximum absolute atomic E-state index is 12.3.